The van der Waals surface area contributed by atoms with Gasteiger partial charge in [-0.1, -0.05) is 42.5 Å². The number of oxazole rings is 1. The third kappa shape index (κ3) is 5.43. The van der Waals surface area contributed by atoms with Gasteiger partial charge in [-0.05, 0) is 19.2 Å². The SMILES string of the molecule is CN1CCN(CCNC(=O)c2nc(-c3ccccc3C(F)(F)F)oc2-c2ccccc2)CC1. The molecule has 3 aromatic rings. The van der Waals surface area contributed by atoms with Gasteiger partial charge in [-0.25, -0.2) is 4.98 Å². The number of piperazine rings is 1. The van der Waals surface area contributed by atoms with Crippen LogP contribution in [0.4, 0.5) is 13.2 Å². The van der Waals surface area contributed by atoms with Gasteiger partial charge in [0.15, 0.2) is 11.5 Å². The van der Waals surface area contributed by atoms with Crippen LogP contribution in [0.15, 0.2) is 59.0 Å². The van der Waals surface area contributed by atoms with Crippen LogP contribution in [0, 0.1) is 0 Å². The Labute approximate surface area is 190 Å². The summed E-state index contributed by atoms with van der Waals surface area (Å²) in [6.07, 6.45) is -4.58. The zero-order chi connectivity index (χ0) is 23.4. The van der Waals surface area contributed by atoms with E-state index in [0.29, 0.717) is 18.7 Å². The Kier molecular flexibility index (Phi) is 6.80. The van der Waals surface area contributed by atoms with Crippen molar-refractivity contribution in [1.29, 1.82) is 0 Å². The average molecular weight is 458 g/mol. The molecule has 4 rings (SSSR count). The van der Waals surface area contributed by atoms with Crippen LogP contribution in [-0.4, -0.2) is 67.0 Å². The summed E-state index contributed by atoms with van der Waals surface area (Å²) in [5, 5.41) is 2.84. The smallest absolute Gasteiger partial charge is 0.417 e. The van der Waals surface area contributed by atoms with Crippen LogP contribution < -0.4 is 5.32 Å². The van der Waals surface area contributed by atoms with E-state index < -0.39 is 17.6 Å². The highest BCUT2D eigenvalue weighted by molar-refractivity contribution is 5.98. The van der Waals surface area contributed by atoms with E-state index in [1.807, 2.05) is 0 Å². The first-order valence-electron chi connectivity index (χ1n) is 10.7. The Balaban J connectivity index is 1.60. The first-order chi connectivity index (χ1) is 15.8. The van der Waals surface area contributed by atoms with Gasteiger partial charge in [-0.2, -0.15) is 13.2 Å². The minimum atomic E-state index is -4.58. The van der Waals surface area contributed by atoms with Gasteiger partial charge in [0.25, 0.3) is 5.91 Å². The summed E-state index contributed by atoms with van der Waals surface area (Å²) >= 11 is 0. The number of benzene rings is 2. The lowest BCUT2D eigenvalue weighted by Crippen LogP contribution is -2.46. The third-order valence-corrected chi connectivity index (χ3v) is 5.65. The van der Waals surface area contributed by atoms with E-state index in [0.717, 1.165) is 32.2 Å². The fourth-order valence-corrected chi connectivity index (χ4v) is 3.77. The number of nitrogens with zero attached hydrogens (tertiary/aromatic N) is 3. The molecule has 0 atom stereocenters. The van der Waals surface area contributed by atoms with Gasteiger partial charge in [0.2, 0.25) is 5.89 Å². The monoisotopic (exact) mass is 458 g/mol. The molecule has 0 spiro atoms. The molecule has 1 aliphatic heterocycles. The Morgan fingerprint density at radius 1 is 1.03 bits per heavy atom. The van der Waals surface area contributed by atoms with Crippen molar-refractivity contribution in [2.24, 2.45) is 0 Å². The number of hydrogen-bond donors (Lipinski definition) is 1. The van der Waals surface area contributed by atoms with Crippen molar-refractivity contribution in [2.45, 2.75) is 6.18 Å². The van der Waals surface area contributed by atoms with Crippen LogP contribution in [0.25, 0.3) is 22.8 Å². The van der Waals surface area contributed by atoms with Gasteiger partial charge in [-0.15, -0.1) is 0 Å². The van der Waals surface area contributed by atoms with Gasteiger partial charge < -0.3 is 14.6 Å². The van der Waals surface area contributed by atoms with Crippen molar-refractivity contribution < 1.29 is 22.4 Å². The molecule has 1 amide bonds. The number of hydrogen-bond acceptors (Lipinski definition) is 5. The number of rotatable bonds is 6. The van der Waals surface area contributed by atoms with Crippen molar-refractivity contribution in [1.82, 2.24) is 20.1 Å². The molecule has 1 aromatic heterocycles. The Morgan fingerprint density at radius 2 is 1.70 bits per heavy atom. The molecule has 9 heteroatoms. The van der Waals surface area contributed by atoms with Gasteiger partial charge in [0, 0.05) is 50.4 Å². The lowest BCUT2D eigenvalue weighted by molar-refractivity contribution is -0.137. The minimum absolute atomic E-state index is 0.0356. The number of alkyl halides is 3. The Morgan fingerprint density at radius 3 is 2.39 bits per heavy atom. The number of amides is 1. The fraction of sp³-hybridized carbons (Fsp3) is 0.333. The van der Waals surface area contributed by atoms with Crippen LogP contribution >= 0.6 is 0 Å². The molecule has 1 fully saturated rings. The van der Waals surface area contributed by atoms with Gasteiger partial charge >= 0.3 is 6.18 Å². The van der Waals surface area contributed by atoms with Gasteiger partial charge in [0.05, 0.1) is 5.56 Å². The minimum Gasteiger partial charge on any atom is -0.435 e. The number of carbonyl (C=O) groups is 1. The number of aromatic nitrogens is 1. The molecule has 1 saturated heterocycles. The van der Waals surface area contributed by atoms with Crippen LogP contribution in [0.1, 0.15) is 16.1 Å². The molecule has 0 radical (unpaired) electrons. The van der Waals surface area contributed by atoms with E-state index >= 15 is 0 Å². The summed E-state index contributed by atoms with van der Waals surface area (Å²) in [6.45, 7) is 4.86. The van der Waals surface area contributed by atoms with Crippen LogP contribution in [0.5, 0.6) is 0 Å². The summed E-state index contributed by atoms with van der Waals surface area (Å²) in [5.74, 6) is -0.590. The molecule has 6 nitrogen and oxygen atoms in total. The molecule has 33 heavy (non-hydrogen) atoms. The number of nitrogens with one attached hydrogen (secondary N) is 1. The van der Waals surface area contributed by atoms with Crippen molar-refractivity contribution in [2.75, 3.05) is 46.3 Å². The molecule has 2 aromatic carbocycles. The number of halogens is 3. The van der Waals surface area contributed by atoms with E-state index in [2.05, 4.69) is 27.1 Å². The highest BCUT2D eigenvalue weighted by atomic mass is 19.4. The van der Waals surface area contributed by atoms with Crippen LogP contribution in [0.2, 0.25) is 0 Å². The zero-order valence-corrected chi connectivity index (χ0v) is 18.2. The van der Waals surface area contributed by atoms with Crippen molar-refractivity contribution in [3.05, 3.63) is 65.9 Å². The molecular weight excluding hydrogens is 433 g/mol. The summed E-state index contributed by atoms with van der Waals surface area (Å²) in [4.78, 5) is 21.7. The fourth-order valence-electron chi connectivity index (χ4n) is 3.77. The molecule has 0 saturated carbocycles. The maximum absolute atomic E-state index is 13.5. The Bertz CT molecular complexity index is 1090. The summed E-state index contributed by atoms with van der Waals surface area (Å²) < 4.78 is 46.4. The third-order valence-electron chi connectivity index (χ3n) is 5.65. The first kappa shape index (κ1) is 23.0. The van der Waals surface area contributed by atoms with Crippen LogP contribution in [0.3, 0.4) is 0 Å². The first-order valence-corrected chi connectivity index (χ1v) is 10.7. The molecular formula is C24H25F3N4O2. The molecule has 1 aliphatic rings. The van der Waals surface area contributed by atoms with Crippen molar-refractivity contribution >= 4 is 5.91 Å². The van der Waals surface area contributed by atoms with E-state index in [9.17, 15) is 18.0 Å². The second kappa shape index (κ2) is 9.76. The molecule has 0 bridgehead atoms. The lowest BCUT2D eigenvalue weighted by Gasteiger charge is -2.32. The topological polar surface area (TPSA) is 61.6 Å². The highest BCUT2D eigenvalue weighted by Crippen LogP contribution is 2.38. The predicted molar refractivity (Wildman–Crippen MR) is 119 cm³/mol. The van der Waals surface area contributed by atoms with E-state index in [1.54, 1.807) is 30.3 Å². The van der Waals surface area contributed by atoms with E-state index in [4.69, 9.17) is 4.42 Å². The molecule has 0 aliphatic carbocycles. The number of likely N-dealkylation sites (N-methyl/N-ethyl adjacent to an activating group) is 1. The summed E-state index contributed by atoms with van der Waals surface area (Å²) in [6, 6.07) is 13.8. The van der Waals surface area contributed by atoms with Crippen molar-refractivity contribution in [3.63, 3.8) is 0 Å². The van der Waals surface area contributed by atoms with Crippen LogP contribution in [-0.2, 0) is 6.18 Å². The quantitative estimate of drug-likeness (QED) is 0.605. The average Bonchev–Trinajstić information content (AvgIpc) is 3.26. The molecule has 0 unspecified atom stereocenters. The maximum atomic E-state index is 13.5. The highest BCUT2D eigenvalue weighted by Gasteiger charge is 2.35. The van der Waals surface area contributed by atoms with E-state index in [-0.39, 0.29) is 22.9 Å². The van der Waals surface area contributed by atoms with Gasteiger partial charge in [0.1, 0.15) is 0 Å². The predicted octanol–water partition coefficient (Wildman–Crippen LogP) is 4.00. The maximum Gasteiger partial charge on any atom is 0.417 e. The zero-order valence-electron chi connectivity index (χ0n) is 18.2. The number of carbonyl (C=O) groups excluding carboxylic acids is 1. The van der Waals surface area contributed by atoms with Gasteiger partial charge in [-0.3, -0.25) is 9.69 Å². The van der Waals surface area contributed by atoms with E-state index in [1.165, 1.54) is 18.2 Å². The molecule has 1 N–H and O–H groups in total. The standard InChI is InChI=1S/C24H25F3N4O2/c1-30-13-15-31(16-14-30)12-11-28-22(32)20-21(17-7-3-2-4-8-17)33-23(29-20)18-9-5-6-10-19(18)24(25,26)27/h2-10H,11-16H2,1H3,(H,28,32). The molecule has 2 heterocycles. The van der Waals surface area contributed by atoms with Crippen molar-refractivity contribution in [3.8, 4) is 22.8 Å². The lowest BCUT2D eigenvalue weighted by atomic mass is 10.1. The largest absolute Gasteiger partial charge is 0.435 e. The second-order valence-corrected chi connectivity index (χ2v) is 8.01. The Hall–Kier alpha value is -3.17. The summed E-state index contributed by atoms with van der Waals surface area (Å²) in [7, 11) is 2.07. The molecule has 174 valence electrons. The normalized spacial score (nSPS) is 15.5. The second-order valence-electron chi connectivity index (χ2n) is 8.01. The summed E-state index contributed by atoms with van der Waals surface area (Å²) in [5.41, 5.74) is -0.553.